The van der Waals surface area contributed by atoms with Gasteiger partial charge in [-0.1, -0.05) is 54.1 Å². The van der Waals surface area contributed by atoms with E-state index in [1.54, 1.807) is 32.0 Å². The maximum absolute atomic E-state index is 14.0. The Hall–Kier alpha value is -3.49. The molecule has 1 aliphatic heterocycles. The second-order valence-electron chi connectivity index (χ2n) is 9.50. The van der Waals surface area contributed by atoms with Gasteiger partial charge in [-0.2, -0.15) is 4.31 Å². The highest BCUT2D eigenvalue weighted by atomic mass is 32.2. The van der Waals surface area contributed by atoms with Crippen LogP contribution in [0.1, 0.15) is 43.7 Å². The molecule has 0 aromatic heterocycles. The third-order valence-corrected chi connectivity index (χ3v) is 8.90. The van der Waals surface area contributed by atoms with Gasteiger partial charge in [-0.05, 0) is 73.6 Å². The summed E-state index contributed by atoms with van der Waals surface area (Å²) in [6.07, 6.45) is 0.784. The predicted molar refractivity (Wildman–Crippen MR) is 142 cm³/mol. The number of benzene rings is 3. The van der Waals surface area contributed by atoms with Crippen molar-refractivity contribution in [2.45, 2.75) is 51.1 Å². The molecule has 1 unspecified atom stereocenters. The smallest absolute Gasteiger partial charge is 0.337 e. The molecule has 1 amide bonds. The lowest BCUT2D eigenvalue weighted by atomic mass is 9.95. The average Bonchev–Trinajstić information content (AvgIpc) is 2.86. The minimum absolute atomic E-state index is 0.129. The lowest BCUT2D eigenvalue weighted by Crippen LogP contribution is -2.52. The zero-order valence-electron chi connectivity index (χ0n) is 21.6. The third kappa shape index (κ3) is 5.60. The summed E-state index contributed by atoms with van der Waals surface area (Å²) in [7, 11) is -2.62. The van der Waals surface area contributed by atoms with E-state index in [9.17, 15) is 18.0 Å². The second-order valence-corrected chi connectivity index (χ2v) is 11.3. The summed E-state index contributed by atoms with van der Waals surface area (Å²) < 4.78 is 34.1. The van der Waals surface area contributed by atoms with Gasteiger partial charge in [0.1, 0.15) is 6.04 Å². The number of amides is 1. The van der Waals surface area contributed by atoms with Crippen molar-refractivity contribution >= 4 is 21.9 Å². The van der Waals surface area contributed by atoms with Gasteiger partial charge in [0.15, 0.2) is 0 Å². The molecule has 4 rings (SSSR count). The molecular formula is C29H32N2O5S. The number of hydrogen-bond donors (Lipinski definition) is 1. The SMILES string of the molecule is COC(=O)c1cccc(CCNC(=O)C2Cc3ccccc3CN2S(=O)(=O)c2c(C)cc(C)cc2C)c1. The molecule has 0 radical (unpaired) electrons. The van der Waals surface area contributed by atoms with Crippen LogP contribution in [0.5, 0.6) is 0 Å². The van der Waals surface area contributed by atoms with Crippen LogP contribution in [0.3, 0.4) is 0 Å². The zero-order chi connectivity index (χ0) is 26.7. The molecule has 1 N–H and O–H groups in total. The maximum atomic E-state index is 14.0. The highest BCUT2D eigenvalue weighted by Gasteiger charge is 2.40. The van der Waals surface area contributed by atoms with Gasteiger partial charge in [0.05, 0.1) is 17.6 Å². The van der Waals surface area contributed by atoms with Gasteiger partial charge in [0, 0.05) is 13.1 Å². The molecule has 8 heteroatoms. The summed E-state index contributed by atoms with van der Waals surface area (Å²) >= 11 is 0. The van der Waals surface area contributed by atoms with Crippen molar-refractivity contribution in [2.75, 3.05) is 13.7 Å². The predicted octanol–water partition coefficient (Wildman–Crippen LogP) is 3.87. The van der Waals surface area contributed by atoms with Crippen LogP contribution in [-0.2, 0) is 38.9 Å². The number of fused-ring (bicyclic) bond motifs is 1. The molecule has 0 bridgehead atoms. The number of carbonyl (C=O) groups excluding carboxylic acids is 2. The molecule has 3 aromatic carbocycles. The van der Waals surface area contributed by atoms with E-state index in [2.05, 4.69) is 5.32 Å². The molecule has 0 aliphatic carbocycles. The summed E-state index contributed by atoms with van der Waals surface area (Å²) in [6, 6.07) is 17.5. The van der Waals surface area contributed by atoms with Crippen molar-refractivity contribution in [2.24, 2.45) is 0 Å². The van der Waals surface area contributed by atoms with Crippen molar-refractivity contribution in [3.05, 3.63) is 99.6 Å². The quantitative estimate of drug-likeness (QED) is 0.478. The minimum Gasteiger partial charge on any atom is -0.465 e. The van der Waals surface area contributed by atoms with Gasteiger partial charge in [-0.3, -0.25) is 4.79 Å². The van der Waals surface area contributed by atoms with E-state index >= 15 is 0 Å². The molecule has 0 fully saturated rings. The Kier molecular flexibility index (Phi) is 7.80. The monoisotopic (exact) mass is 520 g/mol. The number of ether oxygens (including phenoxy) is 1. The Morgan fingerprint density at radius 2 is 1.65 bits per heavy atom. The van der Waals surface area contributed by atoms with Crippen LogP contribution in [0.4, 0.5) is 0 Å². The summed E-state index contributed by atoms with van der Waals surface area (Å²) in [5.74, 6) is -0.765. The number of methoxy groups -OCH3 is 1. The van der Waals surface area contributed by atoms with Gasteiger partial charge < -0.3 is 10.1 Å². The van der Waals surface area contributed by atoms with E-state index in [-0.39, 0.29) is 17.3 Å². The summed E-state index contributed by atoms with van der Waals surface area (Å²) in [5.41, 5.74) is 5.50. The van der Waals surface area contributed by atoms with Crippen LogP contribution in [0.2, 0.25) is 0 Å². The standard InChI is InChI=1S/C29H32N2O5S/c1-19-14-20(2)27(21(3)15-19)37(34,35)31-18-25-10-6-5-9-23(25)17-26(31)28(32)30-13-12-22-8-7-11-24(16-22)29(33)36-4/h5-11,14-16,26H,12-13,17-18H2,1-4H3,(H,30,32). The third-order valence-electron chi connectivity index (χ3n) is 6.74. The second kappa shape index (κ2) is 10.9. The van der Waals surface area contributed by atoms with E-state index in [1.165, 1.54) is 11.4 Å². The number of carbonyl (C=O) groups is 2. The Balaban J connectivity index is 1.59. The molecule has 3 aromatic rings. The van der Waals surface area contributed by atoms with Crippen LogP contribution in [0.15, 0.2) is 65.6 Å². The number of esters is 1. The van der Waals surface area contributed by atoms with Gasteiger partial charge in [-0.25, -0.2) is 13.2 Å². The maximum Gasteiger partial charge on any atom is 0.337 e. The van der Waals surface area contributed by atoms with E-state index in [4.69, 9.17) is 4.74 Å². The highest BCUT2D eigenvalue weighted by Crippen LogP contribution is 2.32. The normalized spacial score (nSPS) is 15.6. The molecule has 0 saturated carbocycles. The first-order valence-corrected chi connectivity index (χ1v) is 13.7. The first kappa shape index (κ1) is 26.6. The number of rotatable bonds is 7. The fourth-order valence-electron chi connectivity index (χ4n) is 5.09. The summed E-state index contributed by atoms with van der Waals surface area (Å²) in [6.45, 7) is 5.96. The van der Waals surface area contributed by atoms with Crippen molar-refractivity contribution in [3.8, 4) is 0 Å². The first-order valence-electron chi connectivity index (χ1n) is 12.2. The van der Waals surface area contributed by atoms with E-state index < -0.39 is 22.0 Å². The molecule has 7 nitrogen and oxygen atoms in total. The fourth-order valence-corrected chi connectivity index (χ4v) is 7.07. The van der Waals surface area contributed by atoms with Crippen LogP contribution in [0.25, 0.3) is 0 Å². The van der Waals surface area contributed by atoms with Crippen LogP contribution < -0.4 is 5.32 Å². The van der Waals surface area contributed by atoms with Crippen LogP contribution in [-0.4, -0.2) is 44.3 Å². The van der Waals surface area contributed by atoms with Crippen molar-refractivity contribution in [1.82, 2.24) is 9.62 Å². The largest absolute Gasteiger partial charge is 0.465 e. The van der Waals surface area contributed by atoms with E-state index in [0.717, 1.165) is 22.3 Å². The molecular weight excluding hydrogens is 488 g/mol. The van der Waals surface area contributed by atoms with Crippen molar-refractivity contribution in [3.63, 3.8) is 0 Å². The van der Waals surface area contributed by atoms with Gasteiger partial charge in [-0.15, -0.1) is 0 Å². The minimum atomic E-state index is -3.95. The van der Waals surface area contributed by atoms with Gasteiger partial charge in [0.25, 0.3) is 0 Å². The van der Waals surface area contributed by atoms with Crippen molar-refractivity contribution in [1.29, 1.82) is 0 Å². The Labute approximate surface area is 218 Å². The number of nitrogens with zero attached hydrogens (tertiary/aromatic N) is 1. The molecule has 1 heterocycles. The van der Waals surface area contributed by atoms with E-state index in [1.807, 2.05) is 49.4 Å². The fraction of sp³-hybridized carbons (Fsp3) is 0.310. The average molecular weight is 521 g/mol. The molecule has 0 spiro atoms. The number of aryl methyl sites for hydroxylation is 3. The lowest BCUT2D eigenvalue weighted by Gasteiger charge is -2.35. The Morgan fingerprint density at radius 1 is 0.973 bits per heavy atom. The zero-order valence-corrected chi connectivity index (χ0v) is 22.4. The van der Waals surface area contributed by atoms with Crippen LogP contribution in [0, 0.1) is 20.8 Å². The molecule has 194 valence electrons. The van der Waals surface area contributed by atoms with Gasteiger partial charge >= 0.3 is 5.97 Å². The van der Waals surface area contributed by atoms with Crippen molar-refractivity contribution < 1.29 is 22.7 Å². The lowest BCUT2D eigenvalue weighted by molar-refractivity contribution is -0.125. The summed E-state index contributed by atoms with van der Waals surface area (Å²) in [5, 5.41) is 2.93. The Morgan fingerprint density at radius 3 is 2.32 bits per heavy atom. The molecule has 1 atom stereocenters. The van der Waals surface area contributed by atoms with E-state index in [0.29, 0.717) is 36.1 Å². The number of nitrogens with one attached hydrogen (secondary N) is 1. The molecule has 1 aliphatic rings. The van der Waals surface area contributed by atoms with Crippen LogP contribution >= 0.6 is 0 Å². The molecule has 37 heavy (non-hydrogen) atoms. The molecule has 0 saturated heterocycles. The number of sulfonamides is 1. The van der Waals surface area contributed by atoms with Gasteiger partial charge in [0.2, 0.25) is 15.9 Å². The highest BCUT2D eigenvalue weighted by molar-refractivity contribution is 7.89. The Bertz CT molecular complexity index is 1430. The first-order chi connectivity index (χ1) is 17.6. The topological polar surface area (TPSA) is 92.8 Å². The summed E-state index contributed by atoms with van der Waals surface area (Å²) in [4.78, 5) is 25.5. The number of hydrogen-bond acceptors (Lipinski definition) is 5.